The van der Waals surface area contributed by atoms with Gasteiger partial charge in [0.15, 0.2) is 6.61 Å². The average molecular weight is 469 g/mol. The van der Waals surface area contributed by atoms with Gasteiger partial charge in [-0.3, -0.25) is 25.1 Å². The third-order valence-corrected chi connectivity index (χ3v) is 5.31. The van der Waals surface area contributed by atoms with E-state index < -0.39 is 6.04 Å². The molecule has 3 rings (SSSR count). The van der Waals surface area contributed by atoms with Crippen molar-refractivity contribution in [1.82, 2.24) is 25.8 Å². The minimum absolute atomic E-state index is 0. The Balaban J connectivity index is 0.00000363. The van der Waals surface area contributed by atoms with Gasteiger partial charge in [-0.15, -0.1) is 12.4 Å². The molecule has 10 nitrogen and oxygen atoms in total. The quantitative estimate of drug-likeness (QED) is 0.394. The first kappa shape index (κ1) is 25.9. The number of urea groups is 1. The summed E-state index contributed by atoms with van der Waals surface area (Å²) in [4.78, 5) is 40.5. The van der Waals surface area contributed by atoms with Gasteiger partial charge in [-0.05, 0) is 30.5 Å². The van der Waals surface area contributed by atoms with Crippen molar-refractivity contribution < 1.29 is 19.1 Å². The predicted octanol–water partition coefficient (Wildman–Crippen LogP) is 0.532. The van der Waals surface area contributed by atoms with E-state index in [-0.39, 0.29) is 49.2 Å². The zero-order valence-corrected chi connectivity index (χ0v) is 19.3. The second kappa shape index (κ2) is 12.0. The SMILES string of the molecule is CCCN1C(=O)C2NC(c3ccc(OCC(=O)NCCN)cc3)NC2N(CCC)C1=O.Cl. The van der Waals surface area contributed by atoms with E-state index in [1.165, 1.54) is 4.90 Å². The molecule has 4 amide bonds. The van der Waals surface area contributed by atoms with Gasteiger partial charge in [0.1, 0.15) is 18.0 Å². The number of imide groups is 1. The van der Waals surface area contributed by atoms with Crippen LogP contribution in [0.5, 0.6) is 5.75 Å². The number of ether oxygens (including phenoxy) is 1. The van der Waals surface area contributed by atoms with Crippen LogP contribution in [-0.4, -0.2) is 72.6 Å². The molecular formula is C21H33ClN6O4. The molecule has 2 heterocycles. The average Bonchev–Trinajstić information content (AvgIpc) is 3.22. The van der Waals surface area contributed by atoms with Gasteiger partial charge in [0, 0.05) is 26.2 Å². The third-order valence-electron chi connectivity index (χ3n) is 5.31. The van der Waals surface area contributed by atoms with Gasteiger partial charge in [-0.2, -0.15) is 0 Å². The molecule has 2 aliphatic heterocycles. The number of rotatable bonds is 10. The van der Waals surface area contributed by atoms with Crippen LogP contribution < -0.4 is 26.4 Å². The number of hydrogen-bond acceptors (Lipinski definition) is 7. The second-order valence-electron chi connectivity index (χ2n) is 7.65. The van der Waals surface area contributed by atoms with Crippen LogP contribution in [0.25, 0.3) is 0 Å². The highest BCUT2D eigenvalue weighted by atomic mass is 35.5. The molecule has 0 bridgehead atoms. The van der Waals surface area contributed by atoms with Crippen LogP contribution in [0.3, 0.4) is 0 Å². The van der Waals surface area contributed by atoms with E-state index in [1.54, 1.807) is 17.0 Å². The Morgan fingerprint density at radius 2 is 1.81 bits per heavy atom. The zero-order valence-electron chi connectivity index (χ0n) is 18.5. The number of nitrogens with two attached hydrogens (primary N) is 1. The number of halogens is 1. The minimum Gasteiger partial charge on any atom is -0.484 e. The van der Waals surface area contributed by atoms with Gasteiger partial charge < -0.3 is 20.7 Å². The van der Waals surface area contributed by atoms with Gasteiger partial charge in [0.2, 0.25) is 0 Å². The molecule has 3 unspecified atom stereocenters. The molecule has 2 aliphatic rings. The van der Waals surface area contributed by atoms with Crippen LogP contribution in [-0.2, 0) is 9.59 Å². The van der Waals surface area contributed by atoms with Gasteiger partial charge in [0.05, 0.1) is 6.17 Å². The third kappa shape index (κ3) is 5.69. The monoisotopic (exact) mass is 468 g/mol. The fourth-order valence-corrected chi connectivity index (χ4v) is 3.86. The van der Waals surface area contributed by atoms with E-state index >= 15 is 0 Å². The molecule has 0 aliphatic carbocycles. The summed E-state index contributed by atoms with van der Waals surface area (Å²) in [6.45, 7) is 5.66. The first-order valence-electron chi connectivity index (χ1n) is 10.8. The van der Waals surface area contributed by atoms with Crippen LogP contribution in [0.2, 0.25) is 0 Å². The summed E-state index contributed by atoms with van der Waals surface area (Å²) in [5.74, 6) is 0.145. The van der Waals surface area contributed by atoms with Crippen molar-refractivity contribution in [2.75, 3.05) is 32.8 Å². The standard InChI is InChI=1S/C21H32N6O4.ClH/c1-3-11-26-19-17(20(29)27(12-4-2)21(26)30)24-18(25-19)14-5-7-15(8-6-14)31-13-16(28)23-10-9-22;/h5-8,17-19,24-25H,3-4,9-13,22H2,1-2H3,(H,23,28);1H. The highest BCUT2D eigenvalue weighted by Gasteiger charge is 2.50. The number of nitrogens with zero attached hydrogens (tertiary/aromatic N) is 2. The number of amides is 4. The molecule has 3 atom stereocenters. The zero-order chi connectivity index (χ0) is 22.4. The second-order valence-corrected chi connectivity index (χ2v) is 7.65. The number of carbonyl (C=O) groups excluding carboxylic acids is 3. The largest absolute Gasteiger partial charge is 0.484 e. The van der Waals surface area contributed by atoms with Crippen molar-refractivity contribution in [2.45, 2.75) is 45.1 Å². The summed E-state index contributed by atoms with van der Waals surface area (Å²) in [6, 6.07) is 6.56. The number of carbonyl (C=O) groups is 3. The number of benzene rings is 1. The summed E-state index contributed by atoms with van der Waals surface area (Å²) in [5, 5.41) is 9.37. The fraction of sp³-hybridized carbons (Fsp3) is 0.571. The van der Waals surface area contributed by atoms with Crippen molar-refractivity contribution in [3.05, 3.63) is 29.8 Å². The lowest BCUT2D eigenvalue weighted by molar-refractivity contribution is -0.135. The lowest BCUT2D eigenvalue weighted by Gasteiger charge is -2.41. The van der Waals surface area contributed by atoms with E-state index in [0.29, 0.717) is 31.9 Å². The van der Waals surface area contributed by atoms with Crippen molar-refractivity contribution >= 4 is 30.3 Å². The maximum absolute atomic E-state index is 12.9. The van der Waals surface area contributed by atoms with Gasteiger partial charge >= 0.3 is 6.03 Å². The van der Waals surface area contributed by atoms with Gasteiger partial charge in [-0.25, -0.2) is 4.79 Å². The Bertz CT molecular complexity index is 793. The molecule has 11 heteroatoms. The van der Waals surface area contributed by atoms with E-state index in [1.807, 2.05) is 26.0 Å². The van der Waals surface area contributed by atoms with Crippen LogP contribution in [0.15, 0.2) is 24.3 Å². The summed E-state index contributed by atoms with van der Waals surface area (Å²) in [6.07, 6.45) is 0.854. The summed E-state index contributed by atoms with van der Waals surface area (Å²) in [5.41, 5.74) is 6.27. The minimum atomic E-state index is -0.497. The Morgan fingerprint density at radius 3 is 2.44 bits per heavy atom. The molecule has 5 N–H and O–H groups in total. The molecule has 32 heavy (non-hydrogen) atoms. The number of hydrogen-bond donors (Lipinski definition) is 4. The molecule has 0 spiro atoms. The molecule has 0 saturated carbocycles. The van der Waals surface area contributed by atoms with Crippen LogP contribution >= 0.6 is 12.4 Å². The summed E-state index contributed by atoms with van der Waals surface area (Å²) < 4.78 is 5.49. The van der Waals surface area contributed by atoms with Crippen molar-refractivity contribution in [3.63, 3.8) is 0 Å². The van der Waals surface area contributed by atoms with Crippen LogP contribution in [0.4, 0.5) is 4.79 Å². The Hall–Kier alpha value is -2.40. The molecule has 0 aromatic heterocycles. The highest BCUT2D eigenvalue weighted by Crippen LogP contribution is 2.27. The van der Waals surface area contributed by atoms with Crippen molar-refractivity contribution in [3.8, 4) is 5.75 Å². The lowest BCUT2D eigenvalue weighted by Crippen LogP contribution is -2.67. The maximum atomic E-state index is 12.9. The fourth-order valence-electron chi connectivity index (χ4n) is 3.86. The normalized spacial score (nSPS) is 22.4. The molecule has 2 saturated heterocycles. The first-order valence-corrected chi connectivity index (χ1v) is 10.8. The van der Waals surface area contributed by atoms with Gasteiger partial charge in [-0.1, -0.05) is 26.0 Å². The first-order chi connectivity index (χ1) is 15.0. The predicted molar refractivity (Wildman–Crippen MR) is 122 cm³/mol. The van der Waals surface area contributed by atoms with Crippen LogP contribution in [0.1, 0.15) is 38.4 Å². The Morgan fingerprint density at radius 1 is 1.12 bits per heavy atom. The number of fused-ring (bicyclic) bond motifs is 1. The molecule has 2 fully saturated rings. The maximum Gasteiger partial charge on any atom is 0.328 e. The molecular weight excluding hydrogens is 436 g/mol. The van der Waals surface area contributed by atoms with E-state index in [2.05, 4.69) is 16.0 Å². The summed E-state index contributed by atoms with van der Waals surface area (Å²) >= 11 is 0. The van der Waals surface area contributed by atoms with Crippen molar-refractivity contribution in [2.24, 2.45) is 5.73 Å². The molecule has 178 valence electrons. The van der Waals surface area contributed by atoms with E-state index in [4.69, 9.17) is 10.5 Å². The summed E-state index contributed by atoms with van der Waals surface area (Å²) in [7, 11) is 0. The Labute approximate surface area is 194 Å². The molecule has 1 aromatic rings. The highest BCUT2D eigenvalue weighted by molar-refractivity contribution is 6.00. The molecule has 1 aromatic carbocycles. The topological polar surface area (TPSA) is 129 Å². The van der Waals surface area contributed by atoms with E-state index in [0.717, 1.165) is 18.4 Å². The van der Waals surface area contributed by atoms with E-state index in [9.17, 15) is 14.4 Å². The Kier molecular flexibility index (Phi) is 9.70. The number of nitrogens with one attached hydrogen (secondary N) is 3. The van der Waals surface area contributed by atoms with Crippen LogP contribution in [0, 0.1) is 0 Å². The lowest BCUT2D eigenvalue weighted by atomic mass is 10.1. The van der Waals surface area contributed by atoms with Gasteiger partial charge in [0.25, 0.3) is 11.8 Å². The van der Waals surface area contributed by atoms with Crippen molar-refractivity contribution in [1.29, 1.82) is 0 Å². The smallest absolute Gasteiger partial charge is 0.328 e. The molecule has 0 radical (unpaired) electrons.